The van der Waals surface area contributed by atoms with Gasteiger partial charge in [0, 0.05) is 7.05 Å². The highest BCUT2D eigenvalue weighted by Gasteiger charge is 2.21. The largest absolute Gasteiger partial charge is 0.330 e. The zero-order valence-corrected chi connectivity index (χ0v) is 11.4. The number of aromatic nitrogens is 2. The minimum absolute atomic E-state index is 0.435. The van der Waals surface area contributed by atoms with Crippen molar-refractivity contribution in [3.63, 3.8) is 0 Å². The first-order valence-corrected chi connectivity index (χ1v) is 6.86. The molecule has 0 saturated carbocycles. The summed E-state index contributed by atoms with van der Waals surface area (Å²) in [5.74, 6) is 1.75. The first-order valence-electron chi connectivity index (χ1n) is 6.86. The SMILES string of the molecule is CC(C)c1ccc2nc(C3CCCN3)n(C)c2c1. The second-order valence-electron chi connectivity index (χ2n) is 5.58. The highest BCUT2D eigenvalue weighted by atomic mass is 15.1. The Hall–Kier alpha value is -1.35. The van der Waals surface area contributed by atoms with Crippen LogP contribution in [0.25, 0.3) is 11.0 Å². The summed E-state index contributed by atoms with van der Waals surface area (Å²) in [6, 6.07) is 7.07. The van der Waals surface area contributed by atoms with E-state index >= 15 is 0 Å². The molecule has 1 N–H and O–H groups in total. The normalized spacial score (nSPS) is 20.1. The van der Waals surface area contributed by atoms with Crippen LogP contribution >= 0.6 is 0 Å². The van der Waals surface area contributed by atoms with Gasteiger partial charge in [-0.3, -0.25) is 0 Å². The van der Waals surface area contributed by atoms with Crippen molar-refractivity contribution in [2.24, 2.45) is 7.05 Å². The second kappa shape index (κ2) is 4.39. The molecule has 0 aliphatic carbocycles. The number of rotatable bonds is 2. The maximum atomic E-state index is 4.80. The number of aryl methyl sites for hydroxylation is 1. The Morgan fingerprint density at radius 3 is 2.89 bits per heavy atom. The molecule has 2 aromatic rings. The van der Waals surface area contributed by atoms with E-state index in [0.717, 1.165) is 12.1 Å². The fourth-order valence-corrected chi connectivity index (χ4v) is 2.80. The molecule has 1 atom stereocenters. The zero-order chi connectivity index (χ0) is 12.7. The minimum atomic E-state index is 0.435. The van der Waals surface area contributed by atoms with Crippen molar-refractivity contribution >= 4 is 11.0 Å². The average molecular weight is 243 g/mol. The summed E-state index contributed by atoms with van der Waals surface area (Å²) in [6.45, 7) is 5.58. The second-order valence-corrected chi connectivity index (χ2v) is 5.58. The van der Waals surface area contributed by atoms with Gasteiger partial charge in [-0.15, -0.1) is 0 Å². The maximum Gasteiger partial charge on any atom is 0.126 e. The van der Waals surface area contributed by atoms with Crippen LogP contribution in [0.2, 0.25) is 0 Å². The van der Waals surface area contributed by atoms with E-state index in [1.54, 1.807) is 0 Å². The number of nitrogens with one attached hydrogen (secondary N) is 1. The Morgan fingerprint density at radius 1 is 1.39 bits per heavy atom. The van der Waals surface area contributed by atoms with Crippen molar-refractivity contribution < 1.29 is 0 Å². The summed E-state index contributed by atoms with van der Waals surface area (Å²) in [6.07, 6.45) is 2.46. The molecule has 18 heavy (non-hydrogen) atoms. The molecule has 3 rings (SSSR count). The quantitative estimate of drug-likeness (QED) is 0.878. The first-order chi connectivity index (χ1) is 8.66. The first kappa shape index (κ1) is 11.7. The van der Waals surface area contributed by atoms with Crippen LogP contribution in [0, 0.1) is 0 Å². The molecule has 3 heteroatoms. The van der Waals surface area contributed by atoms with Gasteiger partial charge >= 0.3 is 0 Å². The zero-order valence-electron chi connectivity index (χ0n) is 11.4. The molecule has 0 amide bonds. The summed E-state index contributed by atoms with van der Waals surface area (Å²) in [4.78, 5) is 4.80. The summed E-state index contributed by atoms with van der Waals surface area (Å²) >= 11 is 0. The Balaban J connectivity index is 2.09. The van der Waals surface area contributed by atoms with E-state index in [4.69, 9.17) is 4.98 Å². The van der Waals surface area contributed by atoms with Gasteiger partial charge < -0.3 is 9.88 Å². The van der Waals surface area contributed by atoms with Crippen LogP contribution < -0.4 is 5.32 Å². The summed E-state index contributed by atoms with van der Waals surface area (Å²) in [5, 5.41) is 3.53. The van der Waals surface area contributed by atoms with Crippen LogP contribution in [-0.2, 0) is 7.05 Å². The smallest absolute Gasteiger partial charge is 0.126 e. The highest BCUT2D eigenvalue weighted by molar-refractivity contribution is 5.77. The molecule has 96 valence electrons. The number of nitrogens with zero attached hydrogens (tertiary/aromatic N) is 2. The van der Waals surface area contributed by atoms with Crippen molar-refractivity contribution in [2.75, 3.05) is 6.54 Å². The van der Waals surface area contributed by atoms with Gasteiger partial charge in [-0.25, -0.2) is 4.98 Å². The molecule has 1 aromatic carbocycles. The van der Waals surface area contributed by atoms with Gasteiger partial charge in [-0.05, 0) is 43.0 Å². The maximum absolute atomic E-state index is 4.80. The van der Waals surface area contributed by atoms with E-state index in [1.165, 1.54) is 29.7 Å². The molecule has 1 fully saturated rings. The van der Waals surface area contributed by atoms with E-state index < -0.39 is 0 Å². The lowest BCUT2D eigenvalue weighted by atomic mass is 10.0. The van der Waals surface area contributed by atoms with Gasteiger partial charge in [-0.1, -0.05) is 19.9 Å². The molecular formula is C15H21N3. The van der Waals surface area contributed by atoms with Gasteiger partial charge in [-0.2, -0.15) is 0 Å². The molecule has 1 saturated heterocycles. The van der Waals surface area contributed by atoms with Gasteiger partial charge in [0.2, 0.25) is 0 Å². The number of hydrogen-bond donors (Lipinski definition) is 1. The summed E-state index contributed by atoms with van der Waals surface area (Å²) < 4.78 is 2.25. The lowest BCUT2D eigenvalue weighted by molar-refractivity contribution is 0.584. The van der Waals surface area contributed by atoms with E-state index in [0.29, 0.717) is 12.0 Å². The van der Waals surface area contributed by atoms with Gasteiger partial charge in [0.1, 0.15) is 5.82 Å². The highest BCUT2D eigenvalue weighted by Crippen LogP contribution is 2.27. The van der Waals surface area contributed by atoms with Crippen molar-refractivity contribution in [2.45, 2.75) is 38.6 Å². The third-order valence-electron chi connectivity index (χ3n) is 3.98. The molecule has 0 radical (unpaired) electrons. The average Bonchev–Trinajstić information content (AvgIpc) is 2.97. The number of fused-ring (bicyclic) bond motifs is 1. The fourth-order valence-electron chi connectivity index (χ4n) is 2.80. The van der Waals surface area contributed by atoms with Crippen molar-refractivity contribution in [3.05, 3.63) is 29.6 Å². The Bertz CT molecular complexity index is 562. The lowest BCUT2D eigenvalue weighted by Crippen LogP contribution is -2.16. The van der Waals surface area contributed by atoms with E-state index in [1.807, 2.05) is 0 Å². The molecule has 2 heterocycles. The third kappa shape index (κ3) is 1.83. The van der Waals surface area contributed by atoms with E-state index in [2.05, 4.69) is 49.0 Å². The van der Waals surface area contributed by atoms with E-state index in [9.17, 15) is 0 Å². The monoisotopic (exact) mass is 243 g/mol. The van der Waals surface area contributed by atoms with Crippen molar-refractivity contribution in [1.29, 1.82) is 0 Å². The third-order valence-corrected chi connectivity index (χ3v) is 3.98. The molecule has 3 nitrogen and oxygen atoms in total. The van der Waals surface area contributed by atoms with Crippen LogP contribution in [-0.4, -0.2) is 16.1 Å². The Morgan fingerprint density at radius 2 is 2.22 bits per heavy atom. The topological polar surface area (TPSA) is 29.9 Å². The van der Waals surface area contributed by atoms with Gasteiger partial charge in [0.15, 0.2) is 0 Å². The predicted molar refractivity (Wildman–Crippen MR) is 74.8 cm³/mol. The number of imidazole rings is 1. The van der Waals surface area contributed by atoms with Crippen LogP contribution in [0.4, 0.5) is 0 Å². The van der Waals surface area contributed by atoms with Gasteiger partial charge in [0.05, 0.1) is 17.1 Å². The minimum Gasteiger partial charge on any atom is -0.330 e. The van der Waals surface area contributed by atoms with Crippen LogP contribution in [0.15, 0.2) is 18.2 Å². The predicted octanol–water partition coefficient (Wildman–Crippen LogP) is 3.12. The lowest BCUT2D eigenvalue weighted by Gasteiger charge is -2.10. The molecule has 1 unspecified atom stereocenters. The van der Waals surface area contributed by atoms with Crippen LogP contribution in [0.3, 0.4) is 0 Å². The Kier molecular flexibility index (Phi) is 2.86. The van der Waals surface area contributed by atoms with Crippen molar-refractivity contribution in [3.8, 4) is 0 Å². The molecule has 1 aliphatic heterocycles. The molecule has 0 bridgehead atoms. The molecule has 1 aliphatic rings. The fraction of sp³-hybridized carbons (Fsp3) is 0.533. The summed E-state index contributed by atoms with van der Waals surface area (Å²) in [5.41, 5.74) is 3.76. The van der Waals surface area contributed by atoms with Gasteiger partial charge in [0.25, 0.3) is 0 Å². The number of hydrogen-bond acceptors (Lipinski definition) is 2. The van der Waals surface area contributed by atoms with Crippen LogP contribution in [0.5, 0.6) is 0 Å². The molecule has 0 spiro atoms. The molecular weight excluding hydrogens is 222 g/mol. The summed E-state index contributed by atoms with van der Waals surface area (Å²) in [7, 11) is 2.13. The Labute approximate surface area is 108 Å². The number of benzene rings is 1. The standard InChI is InChI=1S/C15H21N3/c1-10(2)11-6-7-12-14(9-11)18(3)15(17-12)13-5-4-8-16-13/h6-7,9-10,13,16H,4-5,8H2,1-3H3. The van der Waals surface area contributed by atoms with E-state index in [-0.39, 0.29) is 0 Å². The van der Waals surface area contributed by atoms with Crippen LogP contribution in [0.1, 0.15) is 50.0 Å². The molecule has 1 aromatic heterocycles. The van der Waals surface area contributed by atoms with Crippen molar-refractivity contribution in [1.82, 2.24) is 14.9 Å².